The first-order chi connectivity index (χ1) is 11.7. The van der Waals surface area contributed by atoms with Gasteiger partial charge in [0.15, 0.2) is 0 Å². The Hall–Kier alpha value is -1.46. The van der Waals surface area contributed by atoms with Gasteiger partial charge in [0.1, 0.15) is 18.1 Å². The first-order valence-corrected chi connectivity index (χ1v) is 8.98. The lowest BCUT2D eigenvalue weighted by Crippen LogP contribution is -2.48. The summed E-state index contributed by atoms with van der Waals surface area (Å²) in [5.74, 6) is 1.89. The molecule has 3 heterocycles. The van der Waals surface area contributed by atoms with E-state index in [0.29, 0.717) is 12.0 Å². The van der Waals surface area contributed by atoms with E-state index in [-0.39, 0.29) is 24.2 Å². The molecule has 1 aromatic rings. The number of fused-ring (bicyclic) bond motifs is 1. The van der Waals surface area contributed by atoms with Crippen molar-refractivity contribution in [2.75, 3.05) is 39.9 Å². The fraction of sp³-hybridized carbons (Fsp3) is 0.632. The molecule has 25 heavy (non-hydrogen) atoms. The van der Waals surface area contributed by atoms with Crippen molar-refractivity contribution < 1.29 is 14.3 Å². The largest absolute Gasteiger partial charge is 0.497 e. The normalized spacial score (nSPS) is 24.2. The number of rotatable bonds is 2. The second-order valence-corrected chi connectivity index (χ2v) is 7.44. The average molecular weight is 367 g/mol. The lowest BCUT2D eigenvalue weighted by molar-refractivity contribution is -0.139. The maximum atomic E-state index is 12.9. The number of hydrogen-bond donors (Lipinski definition) is 1. The molecule has 2 saturated heterocycles. The van der Waals surface area contributed by atoms with Gasteiger partial charge in [-0.05, 0) is 61.4 Å². The van der Waals surface area contributed by atoms with Crippen LogP contribution in [0.1, 0.15) is 24.8 Å². The summed E-state index contributed by atoms with van der Waals surface area (Å²) in [6.07, 6.45) is 4.26. The van der Waals surface area contributed by atoms with Crippen LogP contribution < -0.4 is 14.8 Å². The first-order valence-electron chi connectivity index (χ1n) is 8.98. The van der Waals surface area contributed by atoms with Gasteiger partial charge in [-0.25, -0.2) is 0 Å². The second-order valence-electron chi connectivity index (χ2n) is 7.44. The predicted octanol–water partition coefficient (Wildman–Crippen LogP) is 2.27. The van der Waals surface area contributed by atoms with E-state index in [1.807, 2.05) is 18.2 Å². The molecule has 6 heteroatoms. The maximum Gasteiger partial charge on any atom is 0.229 e. The van der Waals surface area contributed by atoms with Gasteiger partial charge in [0, 0.05) is 19.6 Å². The molecule has 1 unspecified atom stereocenters. The van der Waals surface area contributed by atoms with E-state index in [2.05, 4.69) is 10.2 Å². The fourth-order valence-corrected chi connectivity index (χ4v) is 4.34. The third-order valence-corrected chi connectivity index (χ3v) is 5.99. The van der Waals surface area contributed by atoms with Crippen molar-refractivity contribution in [2.24, 2.45) is 11.3 Å². The number of nitrogens with one attached hydrogen (secondary N) is 1. The van der Waals surface area contributed by atoms with Crippen molar-refractivity contribution >= 4 is 18.3 Å². The molecule has 4 rings (SSSR count). The summed E-state index contributed by atoms with van der Waals surface area (Å²) in [5.41, 5.74) is 1.52. The summed E-state index contributed by atoms with van der Waals surface area (Å²) in [4.78, 5) is 15.0. The van der Waals surface area contributed by atoms with Crippen molar-refractivity contribution in [3.63, 3.8) is 0 Å². The van der Waals surface area contributed by atoms with Crippen LogP contribution in [0.2, 0.25) is 0 Å². The summed E-state index contributed by atoms with van der Waals surface area (Å²) >= 11 is 0. The molecule has 138 valence electrons. The zero-order valence-electron chi connectivity index (χ0n) is 14.8. The van der Waals surface area contributed by atoms with E-state index in [1.54, 1.807) is 7.11 Å². The lowest BCUT2D eigenvalue weighted by atomic mass is 9.77. The summed E-state index contributed by atoms with van der Waals surface area (Å²) in [6, 6.07) is 5.83. The topological polar surface area (TPSA) is 50.8 Å². The number of carbonyl (C=O) groups is 1. The standard InChI is InChI=1S/C19H26N2O3.ClH/c1-23-16-2-3-17-14(11-16)10-15(12-24-17)18(22)21-8-5-19(6-9-21)4-7-20-13-19;/h2-3,11,15,20H,4-10,12-13H2,1H3;1H. The highest BCUT2D eigenvalue weighted by molar-refractivity contribution is 5.85. The monoisotopic (exact) mass is 366 g/mol. The van der Waals surface area contributed by atoms with Crippen LogP contribution in [0.15, 0.2) is 18.2 Å². The molecule has 3 aliphatic rings. The van der Waals surface area contributed by atoms with Crippen LogP contribution >= 0.6 is 12.4 Å². The van der Waals surface area contributed by atoms with Crippen molar-refractivity contribution in [1.29, 1.82) is 0 Å². The summed E-state index contributed by atoms with van der Waals surface area (Å²) < 4.78 is 11.1. The van der Waals surface area contributed by atoms with Gasteiger partial charge in [-0.1, -0.05) is 0 Å². The van der Waals surface area contributed by atoms with E-state index in [1.165, 1.54) is 6.42 Å². The quantitative estimate of drug-likeness (QED) is 0.872. The van der Waals surface area contributed by atoms with Crippen LogP contribution in [0.25, 0.3) is 0 Å². The number of nitrogens with zero attached hydrogens (tertiary/aromatic N) is 1. The Morgan fingerprint density at radius 3 is 2.80 bits per heavy atom. The predicted molar refractivity (Wildman–Crippen MR) is 98.7 cm³/mol. The zero-order valence-corrected chi connectivity index (χ0v) is 15.6. The van der Waals surface area contributed by atoms with Gasteiger partial charge < -0.3 is 19.7 Å². The Kier molecular flexibility index (Phi) is 5.44. The molecular formula is C19H27ClN2O3. The molecule has 0 aromatic heterocycles. The van der Waals surface area contributed by atoms with Crippen molar-refractivity contribution in [2.45, 2.75) is 25.7 Å². The number of piperidine rings is 1. The third kappa shape index (κ3) is 3.58. The smallest absolute Gasteiger partial charge is 0.229 e. The fourth-order valence-electron chi connectivity index (χ4n) is 4.34. The minimum Gasteiger partial charge on any atom is -0.497 e. The van der Waals surface area contributed by atoms with Gasteiger partial charge >= 0.3 is 0 Å². The minimum absolute atomic E-state index is 0. The van der Waals surface area contributed by atoms with Crippen LogP contribution in [0.3, 0.4) is 0 Å². The van der Waals surface area contributed by atoms with E-state index in [9.17, 15) is 4.79 Å². The van der Waals surface area contributed by atoms with E-state index in [0.717, 1.165) is 62.5 Å². The molecule has 0 radical (unpaired) electrons. The number of amides is 1. The maximum absolute atomic E-state index is 12.9. The molecular weight excluding hydrogens is 340 g/mol. The summed E-state index contributed by atoms with van der Waals surface area (Å²) in [7, 11) is 1.66. The molecule has 1 N–H and O–H groups in total. The van der Waals surface area contributed by atoms with Crippen molar-refractivity contribution in [3.8, 4) is 11.5 Å². The highest BCUT2D eigenvalue weighted by atomic mass is 35.5. The Labute approximate surface area is 155 Å². The molecule has 1 atom stereocenters. The molecule has 3 aliphatic heterocycles. The van der Waals surface area contributed by atoms with Crippen LogP contribution in [0.5, 0.6) is 11.5 Å². The highest BCUT2D eigenvalue weighted by Gasteiger charge is 2.39. The van der Waals surface area contributed by atoms with Gasteiger partial charge in [-0.2, -0.15) is 0 Å². The molecule has 0 bridgehead atoms. The molecule has 1 amide bonds. The lowest BCUT2D eigenvalue weighted by Gasteiger charge is -2.40. The first kappa shape index (κ1) is 18.3. The number of carbonyl (C=O) groups excluding carboxylic acids is 1. The SMILES string of the molecule is COc1ccc2c(c1)CC(C(=O)N1CCC3(CCNC3)CC1)CO2.Cl. The van der Waals surface area contributed by atoms with Crippen molar-refractivity contribution in [1.82, 2.24) is 10.2 Å². The van der Waals surface area contributed by atoms with Crippen LogP contribution in [0, 0.1) is 11.3 Å². The van der Waals surface area contributed by atoms with E-state index < -0.39 is 0 Å². The second kappa shape index (κ2) is 7.42. The number of benzene rings is 1. The van der Waals surface area contributed by atoms with Crippen molar-refractivity contribution in [3.05, 3.63) is 23.8 Å². The summed E-state index contributed by atoms with van der Waals surface area (Å²) in [6.45, 7) is 4.52. The molecule has 2 fully saturated rings. The van der Waals surface area contributed by atoms with Gasteiger partial charge in [-0.3, -0.25) is 4.79 Å². The van der Waals surface area contributed by atoms with E-state index in [4.69, 9.17) is 9.47 Å². The Morgan fingerprint density at radius 2 is 2.12 bits per heavy atom. The Morgan fingerprint density at radius 1 is 1.32 bits per heavy atom. The number of likely N-dealkylation sites (tertiary alicyclic amines) is 1. The minimum atomic E-state index is -0.0691. The van der Waals surface area contributed by atoms with Gasteiger partial charge in [0.05, 0.1) is 13.0 Å². The van der Waals surface area contributed by atoms with Gasteiger partial charge in [0.2, 0.25) is 5.91 Å². The van der Waals surface area contributed by atoms with Crippen LogP contribution in [-0.2, 0) is 11.2 Å². The third-order valence-electron chi connectivity index (χ3n) is 5.99. The summed E-state index contributed by atoms with van der Waals surface area (Å²) in [5, 5.41) is 3.48. The van der Waals surface area contributed by atoms with E-state index >= 15 is 0 Å². The van der Waals surface area contributed by atoms with Gasteiger partial charge in [-0.15, -0.1) is 12.4 Å². The number of methoxy groups -OCH3 is 1. The van der Waals surface area contributed by atoms with Crippen LogP contribution in [0.4, 0.5) is 0 Å². The zero-order chi connectivity index (χ0) is 16.6. The van der Waals surface area contributed by atoms with Crippen LogP contribution in [-0.4, -0.2) is 50.7 Å². The number of ether oxygens (including phenoxy) is 2. The molecule has 0 aliphatic carbocycles. The number of halogens is 1. The molecule has 5 nitrogen and oxygen atoms in total. The Balaban J connectivity index is 0.00000182. The Bertz CT molecular complexity index is 621. The average Bonchev–Trinajstić information content (AvgIpc) is 3.09. The molecule has 1 aromatic carbocycles. The molecule has 0 saturated carbocycles. The molecule has 1 spiro atoms. The van der Waals surface area contributed by atoms with Gasteiger partial charge in [0.25, 0.3) is 0 Å². The number of hydrogen-bond acceptors (Lipinski definition) is 4. The highest BCUT2D eigenvalue weighted by Crippen LogP contribution is 2.38.